The monoisotopic (exact) mass is 313 g/mol. The molecule has 21 heavy (non-hydrogen) atoms. The molecule has 0 spiro atoms. The summed E-state index contributed by atoms with van der Waals surface area (Å²) in [6.45, 7) is 5.49. The van der Waals surface area contributed by atoms with E-state index in [1.807, 2.05) is 6.92 Å². The topological polar surface area (TPSA) is 108 Å². The average molecular weight is 313 g/mol. The van der Waals surface area contributed by atoms with Crippen molar-refractivity contribution in [3.63, 3.8) is 0 Å². The minimum Gasteiger partial charge on any atom is -0.481 e. The van der Waals surface area contributed by atoms with E-state index in [4.69, 9.17) is 5.11 Å². The van der Waals surface area contributed by atoms with Crippen molar-refractivity contribution in [2.75, 3.05) is 0 Å². The van der Waals surface area contributed by atoms with Gasteiger partial charge in [0.2, 0.25) is 5.91 Å². The second-order valence-electron chi connectivity index (χ2n) is 5.49. The average Bonchev–Trinajstić information content (AvgIpc) is 2.69. The lowest BCUT2D eigenvalue weighted by Gasteiger charge is -2.21. The first-order chi connectivity index (χ1) is 9.68. The third kappa shape index (κ3) is 6.84. The number of nitrogens with one attached hydrogen (secondary N) is 2. The highest BCUT2D eigenvalue weighted by atomic mass is 32.1. The first kappa shape index (κ1) is 17.1. The Morgan fingerprint density at radius 2 is 2.00 bits per heavy atom. The smallest absolute Gasteiger partial charge is 0.321 e. The Balaban J connectivity index is 2.36. The van der Waals surface area contributed by atoms with Crippen molar-refractivity contribution in [2.24, 2.45) is 5.41 Å². The minimum atomic E-state index is -0.974. The maximum Gasteiger partial charge on any atom is 0.321 e. The Hall–Kier alpha value is -1.96. The third-order valence-electron chi connectivity index (χ3n) is 2.61. The number of imide groups is 1. The lowest BCUT2D eigenvalue weighted by molar-refractivity contribution is -0.139. The fourth-order valence-electron chi connectivity index (χ4n) is 1.78. The van der Waals surface area contributed by atoms with E-state index in [0.717, 1.165) is 9.88 Å². The molecule has 0 aliphatic rings. The fraction of sp³-hybridized carbons (Fsp3) is 0.538. The molecular formula is C13H19N3O4S. The summed E-state index contributed by atoms with van der Waals surface area (Å²) >= 11 is 1.46. The summed E-state index contributed by atoms with van der Waals surface area (Å²) in [5, 5.41) is 14.4. The van der Waals surface area contributed by atoms with Crippen LogP contribution in [0.15, 0.2) is 6.20 Å². The molecule has 7 nitrogen and oxygen atoms in total. The summed E-state index contributed by atoms with van der Waals surface area (Å²) in [4.78, 5) is 38.9. The Morgan fingerprint density at radius 1 is 1.33 bits per heavy atom. The van der Waals surface area contributed by atoms with Crippen molar-refractivity contribution in [3.8, 4) is 0 Å². The molecule has 0 atom stereocenters. The molecule has 0 aliphatic heterocycles. The number of hydrogen-bond donors (Lipinski definition) is 3. The van der Waals surface area contributed by atoms with E-state index in [9.17, 15) is 14.4 Å². The zero-order valence-corrected chi connectivity index (χ0v) is 13.0. The van der Waals surface area contributed by atoms with Crippen LogP contribution in [0.3, 0.4) is 0 Å². The van der Waals surface area contributed by atoms with Gasteiger partial charge in [-0.25, -0.2) is 9.78 Å². The maximum absolute atomic E-state index is 11.7. The van der Waals surface area contributed by atoms with Gasteiger partial charge in [-0.3, -0.25) is 14.9 Å². The van der Waals surface area contributed by atoms with Crippen molar-refractivity contribution in [2.45, 2.75) is 40.2 Å². The van der Waals surface area contributed by atoms with Gasteiger partial charge in [0.15, 0.2) is 0 Å². The van der Waals surface area contributed by atoms with Gasteiger partial charge in [-0.05, 0) is 12.3 Å². The number of rotatable bonds is 6. The van der Waals surface area contributed by atoms with Crippen molar-refractivity contribution in [1.82, 2.24) is 15.6 Å². The predicted octanol–water partition coefficient (Wildman–Crippen LogP) is 1.67. The molecule has 1 aromatic rings. The van der Waals surface area contributed by atoms with Crippen LogP contribution in [-0.2, 0) is 16.1 Å². The molecule has 3 N–H and O–H groups in total. The lowest BCUT2D eigenvalue weighted by atomic mass is 9.85. The van der Waals surface area contributed by atoms with Crippen LogP contribution in [0.1, 0.15) is 36.6 Å². The zero-order chi connectivity index (χ0) is 16.0. The van der Waals surface area contributed by atoms with Gasteiger partial charge in [0.1, 0.15) is 0 Å². The van der Waals surface area contributed by atoms with Gasteiger partial charge in [0.25, 0.3) is 0 Å². The Labute approximate surface area is 126 Å². The number of aromatic nitrogens is 1. The van der Waals surface area contributed by atoms with Crippen LogP contribution in [0.5, 0.6) is 0 Å². The summed E-state index contributed by atoms with van der Waals surface area (Å²) < 4.78 is 0. The molecule has 1 aromatic heterocycles. The summed E-state index contributed by atoms with van der Waals surface area (Å²) in [7, 11) is 0. The summed E-state index contributed by atoms with van der Waals surface area (Å²) in [6, 6.07) is -0.600. The molecule has 3 amide bonds. The van der Waals surface area contributed by atoms with E-state index < -0.39 is 23.3 Å². The molecular weight excluding hydrogens is 294 g/mol. The fourth-order valence-corrected chi connectivity index (χ4v) is 2.51. The molecule has 1 rings (SSSR count). The number of carbonyl (C=O) groups excluding carboxylic acids is 2. The third-order valence-corrected chi connectivity index (χ3v) is 3.53. The van der Waals surface area contributed by atoms with E-state index >= 15 is 0 Å². The van der Waals surface area contributed by atoms with E-state index in [1.54, 1.807) is 20.0 Å². The van der Waals surface area contributed by atoms with Gasteiger partial charge in [0.05, 0.1) is 18.0 Å². The second-order valence-corrected chi connectivity index (χ2v) is 6.81. The predicted molar refractivity (Wildman–Crippen MR) is 77.9 cm³/mol. The van der Waals surface area contributed by atoms with Crippen LogP contribution in [0.2, 0.25) is 0 Å². The molecule has 0 radical (unpaired) electrons. The Bertz CT molecular complexity index is 539. The van der Waals surface area contributed by atoms with Gasteiger partial charge in [-0.2, -0.15) is 0 Å². The van der Waals surface area contributed by atoms with Gasteiger partial charge < -0.3 is 10.4 Å². The normalized spacial score (nSPS) is 11.0. The number of carboxylic acids is 1. The quantitative estimate of drug-likeness (QED) is 0.740. The van der Waals surface area contributed by atoms with Crippen LogP contribution >= 0.6 is 11.3 Å². The zero-order valence-electron chi connectivity index (χ0n) is 12.2. The number of amides is 3. The first-order valence-corrected chi connectivity index (χ1v) is 7.20. The summed E-state index contributed by atoms with van der Waals surface area (Å²) in [6.07, 6.45) is 1.49. The molecule has 8 heteroatoms. The number of nitrogens with zero attached hydrogens (tertiary/aromatic N) is 1. The van der Waals surface area contributed by atoms with Crippen LogP contribution in [0.4, 0.5) is 4.79 Å². The number of hydrogen-bond acceptors (Lipinski definition) is 5. The second kappa shape index (κ2) is 7.16. The van der Waals surface area contributed by atoms with Crippen molar-refractivity contribution in [3.05, 3.63) is 16.1 Å². The summed E-state index contributed by atoms with van der Waals surface area (Å²) in [5.41, 5.74) is -0.703. The lowest BCUT2D eigenvalue weighted by Crippen LogP contribution is -2.40. The van der Waals surface area contributed by atoms with Gasteiger partial charge in [-0.15, -0.1) is 11.3 Å². The van der Waals surface area contributed by atoms with Crippen LogP contribution in [-0.4, -0.2) is 28.0 Å². The number of thiazole rings is 1. The standard InChI is InChI=1S/C13H19N3O4S/c1-8-14-6-9(21-8)7-15-12(20)16-10(17)4-13(2,3)5-11(18)19/h6H,4-5,7H2,1-3H3,(H,18,19)(H2,15,16,17,20). The summed E-state index contributed by atoms with van der Waals surface area (Å²) in [5.74, 6) is -1.47. The molecule has 0 saturated heterocycles. The molecule has 0 saturated carbocycles. The van der Waals surface area contributed by atoms with Crippen molar-refractivity contribution in [1.29, 1.82) is 0 Å². The SMILES string of the molecule is Cc1ncc(CNC(=O)NC(=O)CC(C)(C)CC(=O)O)s1. The van der Waals surface area contributed by atoms with Gasteiger partial charge in [-0.1, -0.05) is 13.8 Å². The van der Waals surface area contributed by atoms with Gasteiger partial charge >= 0.3 is 12.0 Å². The number of aryl methyl sites for hydroxylation is 1. The van der Waals surface area contributed by atoms with Crippen LogP contribution < -0.4 is 10.6 Å². The highest BCUT2D eigenvalue weighted by Crippen LogP contribution is 2.24. The molecule has 0 fully saturated rings. The van der Waals surface area contributed by atoms with E-state index in [1.165, 1.54) is 11.3 Å². The highest BCUT2D eigenvalue weighted by Gasteiger charge is 2.25. The molecule has 0 aromatic carbocycles. The van der Waals surface area contributed by atoms with Crippen molar-refractivity contribution >= 4 is 29.2 Å². The molecule has 1 heterocycles. The van der Waals surface area contributed by atoms with E-state index in [0.29, 0.717) is 6.54 Å². The molecule has 116 valence electrons. The maximum atomic E-state index is 11.7. The minimum absolute atomic E-state index is 0.0353. The number of urea groups is 1. The van der Waals surface area contributed by atoms with Gasteiger partial charge in [0, 0.05) is 17.5 Å². The van der Waals surface area contributed by atoms with Crippen LogP contribution in [0, 0.1) is 12.3 Å². The van der Waals surface area contributed by atoms with E-state index in [-0.39, 0.29) is 12.8 Å². The molecule has 0 aliphatic carbocycles. The highest BCUT2D eigenvalue weighted by molar-refractivity contribution is 7.11. The molecule has 0 bridgehead atoms. The number of aliphatic carboxylic acids is 1. The van der Waals surface area contributed by atoms with Crippen molar-refractivity contribution < 1.29 is 19.5 Å². The van der Waals surface area contributed by atoms with Crippen LogP contribution in [0.25, 0.3) is 0 Å². The van der Waals surface area contributed by atoms with E-state index in [2.05, 4.69) is 15.6 Å². The Kier molecular flexibility index (Phi) is 5.83. The first-order valence-electron chi connectivity index (χ1n) is 6.39. The Morgan fingerprint density at radius 3 is 2.52 bits per heavy atom. The number of carbonyl (C=O) groups is 3. The number of carboxylic acid groups (broad SMARTS) is 1. The molecule has 0 unspecified atom stereocenters. The largest absolute Gasteiger partial charge is 0.481 e.